The maximum Gasteiger partial charge on any atom is 0.328 e. The quantitative estimate of drug-likeness (QED) is 0.719. The molecular weight excluding hydrogens is 398 g/mol. The minimum Gasteiger partial charge on any atom is -0.398 e. The molecule has 2 aliphatic heterocycles. The molecule has 4 rings (SSSR count). The molecule has 2 aromatic rings. The normalized spacial score (nSPS) is 15.4. The average Bonchev–Trinajstić information content (AvgIpc) is 3.17. The van der Waals surface area contributed by atoms with Crippen molar-refractivity contribution in [2.45, 2.75) is 32.2 Å². The van der Waals surface area contributed by atoms with Crippen molar-refractivity contribution in [2.24, 2.45) is 0 Å². The van der Waals surface area contributed by atoms with Crippen molar-refractivity contribution in [1.82, 2.24) is 14.9 Å². The number of rotatable bonds is 4. The van der Waals surface area contributed by atoms with Crippen LogP contribution in [0.1, 0.15) is 46.4 Å². The van der Waals surface area contributed by atoms with E-state index in [1.807, 2.05) is 12.1 Å². The van der Waals surface area contributed by atoms with Crippen molar-refractivity contribution in [3.8, 4) is 6.07 Å². The maximum atomic E-state index is 12.9. The number of carbonyl (C=O) groups excluding carboxylic acids is 3. The summed E-state index contributed by atoms with van der Waals surface area (Å²) in [6.07, 6.45) is 4.74. The fourth-order valence-electron chi connectivity index (χ4n) is 3.87. The third-order valence-corrected chi connectivity index (χ3v) is 5.46. The molecule has 158 valence electrons. The molecule has 2 aromatic heterocycles. The third kappa shape index (κ3) is 4.02. The zero-order valence-electron chi connectivity index (χ0n) is 16.8. The number of urea groups is 1. The zero-order valence-corrected chi connectivity index (χ0v) is 16.8. The molecule has 1 fully saturated rings. The molecule has 2 aliphatic rings. The number of nitriles is 1. The highest BCUT2D eigenvalue weighted by Gasteiger charge is 2.28. The minimum absolute atomic E-state index is 0.0739. The third-order valence-electron chi connectivity index (χ3n) is 5.46. The molecule has 3 N–H and O–H groups in total. The number of pyridine rings is 2. The van der Waals surface area contributed by atoms with Crippen molar-refractivity contribution in [3.05, 3.63) is 40.7 Å². The van der Waals surface area contributed by atoms with E-state index in [0.717, 1.165) is 18.4 Å². The van der Waals surface area contributed by atoms with E-state index < -0.39 is 6.03 Å². The number of hydrogen-bond donors (Lipinski definition) is 2. The van der Waals surface area contributed by atoms with Gasteiger partial charge in [-0.1, -0.05) is 0 Å². The topological polar surface area (TPSA) is 145 Å². The first-order valence-corrected chi connectivity index (χ1v) is 10.00. The van der Waals surface area contributed by atoms with Gasteiger partial charge in [0.25, 0.3) is 0 Å². The van der Waals surface area contributed by atoms with E-state index in [-0.39, 0.29) is 28.7 Å². The first-order valence-electron chi connectivity index (χ1n) is 10.00. The predicted molar refractivity (Wildman–Crippen MR) is 112 cm³/mol. The molecule has 3 amide bonds. The minimum atomic E-state index is -0.454. The largest absolute Gasteiger partial charge is 0.398 e. The number of aromatic nitrogens is 2. The van der Waals surface area contributed by atoms with Crippen LogP contribution in [0, 0.1) is 11.3 Å². The number of amides is 3. The van der Waals surface area contributed by atoms with E-state index in [9.17, 15) is 14.4 Å². The van der Waals surface area contributed by atoms with Crippen LogP contribution >= 0.6 is 0 Å². The Morgan fingerprint density at radius 1 is 1.29 bits per heavy atom. The van der Waals surface area contributed by atoms with E-state index in [1.165, 1.54) is 17.2 Å². The number of aryl methyl sites for hydroxylation is 1. The van der Waals surface area contributed by atoms with E-state index in [1.54, 1.807) is 4.90 Å². The van der Waals surface area contributed by atoms with Crippen LogP contribution in [0.3, 0.4) is 0 Å². The summed E-state index contributed by atoms with van der Waals surface area (Å²) < 4.78 is 0. The smallest absolute Gasteiger partial charge is 0.328 e. The van der Waals surface area contributed by atoms with Gasteiger partial charge in [-0.25, -0.2) is 14.8 Å². The van der Waals surface area contributed by atoms with Gasteiger partial charge in [0.2, 0.25) is 5.91 Å². The van der Waals surface area contributed by atoms with Gasteiger partial charge in [-0.15, -0.1) is 0 Å². The lowest BCUT2D eigenvalue weighted by Crippen LogP contribution is -2.40. The second-order valence-corrected chi connectivity index (χ2v) is 7.51. The summed E-state index contributed by atoms with van der Waals surface area (Å²) >= 11 is 0. The average molecular weight is 419 g/mol. The second-order valence-electron chi connectivity index (χ2n) is 7.51. The van der Waals surface area contributed by atoms with E-state index in [0.29, 0.717) is 50.1 Å². The number of nitrogens with zero attached hydrogens (tertiary/aromatic N) is 5. The number of hydrogen-bond acceptors (Lipinski definition) is 7. The number of anilines is 3. The number of nitrogens with one attached hydrogen (secondary N) is 1. The van der Waals surface area contributed by atoms with Crippen LogP contribution in [0.2, 0.25) is 0 Å². The molecule has 31 heavy (non-hydrogen) atoms. The van der Waals surface area contributed by atoms with Crippen molar-refractivity contribution < 1.29 is 14.4 Å². The lowest BCUT2D eigenvalue weighted by molar-refractivity contribution is -0.128. The van der Waals surface area contributed by atoms with Gasteiger partial charge < -0.3 is 10.6 Å². The molecular formula is C21H21N7O3. The molecule has 0 atom stereocenters. The summed E-state index contributed by atoms with van der Waals surface area (Å²) in [6, 6.07) is 4.75. The van der Waals surface area contributed by atoms with Crippen LogP contribution in [0.5, 0.6) is 0 Å². The highest BCUT2D eigenvalue weighted by atomic mass is 16.2. The monoisotopic (exact) mass is 419 g/mol. The molecule has 10 nitrogen and oxygen atoms in total. The molecule has 0 bridgehead atoms. The summed E-state index contributed by atoms with van der Waals surface area (Å²) in [6.45, 7) is 1.44. The molecule has 4 heterocycles. The summed E-state index contributed by atoms with van der Waals surface area (Å²) in [4.78, 5) is 48.2. The van der Waals surface area contributed by atoms with Crippen LogP contribution in [-0.2, 0) is 17.8 Å². The van der Waals surface area contributed by atoms with Gasteiger partial charge in [0.15, 0.2) is 6.29 Å². The highest BCUT2D eigenvalue weighted by Crippen LogP contribution is 2.29. The molecule has 0 spiro atoms. The molecule has 0 aromatic carbocycles. The number of fused-ring (bicyclic) bond motifs is 1. The molecule has 0 aliphatic carbocycles. The Labute approximate surface area is 178 Å². The van der Waals surface area contributed by atoms with Crippen LogP contribution in [0.25, 0.3) is 0 Å². The fourth-order valence-corrected chi connectivity index (χ4v) is 3.87. The van der Waals surface area contributed by atoms with Crippen LogP contribution in [0.4, 0.5) is 22.1 Å². The van der Waals surface area contributed by atoms with Crippen LogP contribution in [-0.4, -0.2) is 46.2 Å². The first-order chi connectivity index (χ1) is 15.0. The van der Waals surface area contributed by atoms with E-state index in [4.69, 9.17) is 11.0 Å². The number of aldehydes is 1. The van der Waals surface area contributed by atoms with E-state index in [2.05, 4.69) is 15.3 Å². The van der Waals surface area contributed by atoms with Gasteiger partial charge in [0, 0.05) is 43.9 Å². The predicted octanol–water partition coefficient (Wildman–Crippen LogP) is 1.85. The summed E-state index contributed by atoms with van der Waals surface area (Å²) in [5, 5.41) is 11.6. The van der Waals surface area contributed by atoms with Gasteiger partial charge in [0.1, 0.15) is 23.4 Å². The number of likely N-dealkylation sites (tertiary alicyclic amines) is 1. The molecule has 0 radical (unpaired) electrons. The number of nitrogen functional groups attached to an aromatic ring is 1. The van der Waals surface area contributed by atoms with Crippen molar-refractivity contribution in [3.63, 3.8) is 0 Å². The Bertz CT molecular complexity index is 1110. The lowest BCUT2D eigenvalue weighted by Gasteiger charge is -2.29. The van der Waals surface area contributed by atoms with Gasteiger partial charge in [-0.05, 0) is 30.9 Å². The molecule has 0 saturated carbocycles. The Hall–Kier alpha value is -4.00. The Morgan fingerprint density at radius 2 is 2.10 bits per heavy atom. The summed E-state index contributed by atoms with van der Waals surface area (Å²) in [5.74, 6) is 0.710. The van der Waals surface area contributed by atoms with Crippen molar-refractivity contribution >= 4 is 35.5 Å². The SMILES string of the molecule is N#Cc1cnc(NC(=O)N2CCCc3cc(CN4CCCC4=O)c(C=O)nc32)cc1N. The molecule has 0 unspecified atom stereocenters. The Kier molecular flexibility index (Phi) is 5.49. The summed E-state index contributed by atoms with van der Waals surface area (Å²) in [5.41, 5.74) is 7.99. The first kappa shape index (κ1) is 20.3. The van der Waals surface area contributed by atoms with Gasteiger partial charge in [0.05, 0.1) is 11.3 Å². The van der Waals surface area contributed by atoms with E-state index >= 15 is 0 Å². The second kappa shape index (κ2) is 8.39. The standard InChI is InChI=1S/C21H21N7O3/c22-9-15-10-24-18(8-16(15)23)26-21(31)28-6-1-3-13-7-14(17(12-29)25-20(13)28)11-27-5-2-4-19(27)30/h7-8,10,12H,1-6,11H2,(H3,23,24,26,31). The Balaban J connectivity index is 1.59. The lowest BCUT2D eigenvalue weighted by atomic mass is 10.0. The zero-order chi connectivity index (χ0) is 22.0. The van der Waals surface area contributed by atoms with Gasteiger partial charge in [-0.2, -0.15) is 5.26 Å². The number of nitrogens with two attached hydrogens (primary N) is 1. The van der Waals surface area contributed by atoms with Crippen LogP contribution < -0.4 is 16.0 Å². The van der Waals surface area contributed by atoms with Crippen molar-refractivity contribution in [2.75, 3.05) is 29.0 Å². The van der Waals surface area contributed by atoms with Crippen molar-refractivity contribution in [1.29, 1.82) is 5.26 Å². The number of carbonyl (C=O) groups is 3. The highest BCUT2D eigenvalue weighted by molar-refractivity contribution is 6.01. The Morgan fingerprint density at radius 3 is 2.77 bits per heavy atom. The summed E-state index contributed by atoms with van der Waals surface area (Å²) in [7, 11) is 0. The van der Waals surface area contributed by atoms with Crippen LogP contribution in [0.15, 0.2) is 18.3 Å². The van der Waals surface area contributed by atoms with Gasteiger partial charge >= 0.3 is 6.03 Å². The molecule has 1 saturated heterocycles. The van der Waals surface area contributed by atoms with Gasteiger partial charge in [-0.3, -0.25) is 19.8 Å². The molecule has 10 heteroatoms. The maximum absolute atomic E-state index is 12.9. The fraction of sp³-hybridized carbons (Fsp3) is 0.333.